The molecule has 29 heavy (non-hydrogen) atoms. The Hall–Kier alpha value is -3.26. The van der Waals surface area contributed by atoms with E-state index in [9.17, 15) is 9.59 Å². The average Bonchev–Trinajstić information content (AvgIpc) is 3.17. The number of rotatable bonds is 5. The summed E-state index contributed by atoms with van der Waals surface area (Å²) < 4.78 is 1.70. The van der Waals surface area contributed by atoms with Crippen LogP contribution in [0.15, 0.2) is 48.8 Å². The van der Waals surface area contributed by atoms with E-state index < -0.39 is 0 Å². The molecule has 0 unspecified atom stereocenters. The molecule has 0 aromatic carbocycles. The van der Waals surface area contributed by atoms with Crippen LogP contribution in [-0.4, -0.2) is 68.7 Å². The summed E-state index contributed by atoms with van der Waals surface area (Å²) in [6.45, 7) is 6.43. The first-order chi connectivity index (χ1) is 14.2. The second-order valence-electron chi connectivity index (χ2n) is 6.97. The summed E-state index contributed by atoms with van der Waals surface area (Å²) in [5, 5.41) is 2.84. The van der Waals surface area contributed by atoms with Gasteiger partial charge in [-0.25, -0.2) is 4.98 Å². The molecule has 1 aliphatic heterocycles. The molecule has 1 N–H and O–H groups in total. The maximum Gasteiger partial charge on any atom is 0.290 e. The number of imidazole rings is 1. The fraction of sp³-hybridized carbons (Fsp3) is 0.333. The molecule has 0 aliphatic carbocycles. The average molecular weight is 392 g/mol. The van der Waals surface area contributed by atoms with E-state index in [1.54, 1.807) is 22.9 Å². The molecular formula is C21H24N6O2. The molecule has 4 rings (SSSR count). The van der Waals surface area contributed by atoms with Gasteiger partial charge in [0.1, 0.15) is 0 Å². The van der Waals surface area contributed by atoms with Gasteiger partial charge >= 0.3 is 0 Å². The maximum atomic E-state index is 13.1. The molecule has 1 saturated heterocycles. The minimum atomic E-state index is -0.325. The van der Waals surface area contributed by atoms with Crippen molar-refractivity contribution in [3.05, 3.63) is 66.0 Å². The lowest BCUT2D eigenvalue weighted by Gasteiger charge is -2.33. The SMILES string of the molecule is CCN1CCN(C(=O)c2nc(C(=O)NCc3ccccn3)c3ccccn23)CC1. The Morgan fingerprint density at radius 2 is 1.86 bits per heavy atom. The Labute approximate surface area is 169 Å². The molecule has 3 aromatic heterocycles. The van der Waals surface area contributed by atoms with E-state index in [2.05, 4.69) is 27.1 Å². The number of pyridine rings is 2. The quantitative estimate of drug-likeness (QED) is 0.710. The zero-order chi connectivity index (χ0) is 20.2. The summed E-state index contributed by atoms with van der Waals surface area (Å²) in [7, 11) is 0. The third kappa shape index (κ3) is 3.97. The first kappa shape index (κ1) is 19.1. The number of fused-ring (bicyclic) bond motifs is 1. The van der Waals surface area contributed by atoms with Crippen LogP contribution in [0.25, 0.3) is 5.52 Å². The van der Waals surface area contributed by atoms with Crippen LogP contribution in [0.4, 0.5) is 0 Å². The Balaban J connectivity index is 1.56. The second kappa shape index (κ2) is 8.40. The third-order valence-corrected chi connectivity index (χ3v) is 5.22. The van der Waals surface area contributed by atoms with Gasteiger partial charge in [-0.05, 0) is 30.8 Å². The molecule has 0 bridgehead atoms. The Kier molecular flexibility index (Phi) is 5.53. The summed E-state index contributed by atoms with van der Waals surface area (Å²) >= 11 is 0. The van der Waals surface area contributed by atoms with E-state index in [4.69, 9.17) is 0 Å². The van der Waals surface area contributed by atoms with Gasteiger partial charge in [-0.3, -0.25) is 19.0 Å². The molecule has 0 atom stereocenters. The second-order valence-corrected chi connectivity index (χ2v) is 6.97. The predicted octanol–water partition coefficient (Wildman–Crippen LogP) is 1.44. The lowest BCUT2D eigenvalue weighted by molar-refractivity contribution is 0.0630. The maximum absolute atomic E-state index is 13.1. The Morgan fingerprint density at radius 1 is 1.07 bits per heavy atom. The summed E-state index contributed by atoms with van der Waals surface area (Å²) in [5.41, 5.74) is 1.62. The fourth-order valence-electron chi connectivity index (χ4n) is 3.52. The number of nitrogens with zero attached hydrogens (tertiary/aromatic N) is 5. The zero-order valence-electron chi connectivity index (χ0n) is 16.4. The smallest absolute Gasteiger partial charge is 0.290 e. The highest BCUT2D eigenvalue weighted by atomic mass is 16.2. The van der Waals surface area contributed by atoms with E-state index in [0.29, 0.717) is 25.2 Å². The van der Waals surface area contributed by atoms with Crippen molar-refractivity contribution in [1.29, 1.82) is 0 Å². The number of nitrogens with one attached hydrogen (secondary N) is 1. The number of amides is 2. The number of aromatic nitrogens is 3. The molecule has 8 heteroatoms. The zero-order valence-corrected chi connectivity index (χ0v) is 16.4. The molecule has 3 aromatic rings. The van der Waals surface area contributed by atoms with Gasteiger partial charge in [-0.1, -0.05) is 19.1 Å². The standard InChI is InChI=1S/C21H24N6O2/c1-2-25-11-13-26(14-12-25)21(29)19-24-18(17-8-4-6-10-27(17)19)20(28)23-15-16-7-3-5-9-22-16/h3-10H,2,11-15H2,1H3,(H,23,28). The Morgan fingerprint density at radius 3 is 2.59 bits per heavy atom. The van der Waals surface area contributed by atoms with E-state index in [1.165, 1.54) is 0 Å². The van der Waals surface area contributed by atoms with E-state index in [1.807, 2.05) is 35.2 Å². The summed E-state index contributed by atoms with van der Waals surface area (Å²) in [5.74, 6) is -0.200. The topological polar surface area (TPSA) is 82.8 Å². The summed E-state index contributed by atoms with van der Waals surface area (Å²) in [4.78, 5) is 38.7. The summed E-state index contributed by atoms with van der Waals surface area (Å²) in [6, 6.07) is 11.0. The Bertz CT molecular complexity index is 1010. The van der Waals surface area contributed by atoms with Crippen LogP contribution in [0.3, 0.4) is 0 Å². The van der Waals surface area contributed by atoms with Gasteiger partial charge < -0.3 is 15.1 Å². The number of hydrogen-bond donors (Lipinski definition) is 1. The van der Waals surface area contributed by atoms with Gasteiger partial charge in [-0.15, -0.1) is 0 Å². The van der Waals surface area contributed by atoms with E-state index >= 15 is 0 Å². The molecule has 1 fully saturated rings. The van der Waals surface area contributed by atoms with Crippen LogP contribution in [0.2, 0.25) is 0 Å². The number of likely N-dealkylation sites (N-methyl/N-ethyl adjacent to an activating group) is 1. The van der Waals surface area contributed by atoms with Gasteiger partial charge in [0, 0.05) is 38.6 Å². The van der Waals surface area contributed by atoms with Crippen LogP contribution in [0, 0.1) is 0 Å². The highest BCUT2D eigenvalue weighted by molar-refractivity contribution is 6.02. The molecule has 8 nitrogen and oxygen atoms in total. The van der Waals surface area contributed by atoms with Gasteiger partial charge in [0.15, 0.2) is 5.69 Å². The van der Waals surface area contributed by atoms with Gasteiger partial charge in [0.25, 0.3) is 11.8 Å². The van der Waals surface area contributed by atoms with Gasteiger partial charge in [0.2, 0.25) is 5.82 Å². The lowest BCUT2D eigenvalue weighted by atomic mass is 10.3. The van der Waals surface area contributed by atoms with Crippen LogP contribution >= 0.6 is 0 Å². The largest absolute Gasteiger partial charge is 0.345 e. The van der Waals surface area contributed by atoms with Crippen molar-refractivity contribution in [2.75, 3.05) is 32.7 Å². The monoisotopic (exact) mass is 392 g/mol. The molecule has 0 saturated carbocycles. The summed E-state index contributed by atoms with van der Waals surface area (Å²) in [6.07, 6.45) is 3.45. The van der Waals surface area contributed by atoms with Crippen LogP contribution in [0.1, 0.15) is 33.7 Å². The van der Waals surface area contributed by atoms with E-state index in [-0.39, 0.29) is 23.3 Å². The van der Waals surface area contributed by atoms with Crippen molar-refractivity contribution in [1.82, 2.24) is 29.5 Å². The number of hydrogen-bond acceptors (Lipinski definition) is 5. The van der Waals surface area contributed by atoms with Crippen molar-refractivity contribution in [2.24, 2.45) is 0 Å². The highest BCUT2D eigenvalue weighted by Crippen LogP contribution is 2.16. The third-order valence-electron chi connectivity index (χ3n) is 5.22. The predicted molar refractivity (Wildman–Crippen MR) is 109 cm³/mol. The highest BCUT2D eigenvalue weighted by Gasteiger charge is 2.27. The van der Waals surface area contributed by atoms with Crippen molar-refractivity contribution < 1.29 is 9.59 Å². The molecule has 0 radical (unpaired) electrons. The molecule has 150 valence electrons. The van der Waals surface area contributed by atoms with Crippen LogP contribution in [-0.2, 0) is 6.54 Å². The molecule has 0 spiro atoms. The number of piperazine rings is 1. The van der Waals surface area contributed by atoms with Crippen LogP contribution < -0.4 is 5.32 Å². The van der Waals surface area contributed by atoms with Gasteiger partial charge in [-0.2, -0.15) is 0 Å². The van der Waals surface area contributed by atoms with Crippen molar-refractivity contribution in [3.63, 3.8) is 0 Å². The molecule has 2 amide bonds. The van der Waals surface area contributed by atoms with E-state index in [0.717, 1.165) is 25.3 Å². The van der Waals surface area contributed by atoms with Gasteiger partial charge in [0.05, 0.1) is 17.8 Å². The van der Waals surface area contributed by atoms with Crippen molar-refractivity contribution in [2.45, 2.75) is 13.5 Å². The minimum absolute atomic E-state index is 0.147. The molecular weight excluding hydrogens is 368 g/mol. The van der Waals surface area contributed by atoms with Crippen molar-refractivity contribution >= 4 is 17.3 Å². The normalized spacial score (nSPS) is 14.9. The first-order valence-electron chi connectivity index (χ1n) is 9.84. The fourth-order valence-corrected chi connectivity index (χ4v) is 3.52. The minimum Gasteiger partial charge on any atom is -0.345 e. The molecule has 4 heterocycles. The van der Waals surface area contributed by atoms with Crippen LogP contribution in [0.5, 0.6) is 0 Å². The lowest BCUT2D eigenvalue weighted by Crippen LogP contribution is -2.48. The first-order valence-corrected chi connectivity index (χ1v) is 9.84. The van der Waals surface area contributed by atoms with Crippen molar-refractivity contribution in [3.8, 4) is 0 Å². The molecule has 1 aliphatic rings. The number of carbonyl (C=O) groups is 2. The number of carbonyl (C=O) groups excluding carboxylic acids is 2.